The first-order valence-corrected chi connectivity index (χ1v) is 9.31. The van der Waals surface area contributed by atoms with E-state index in [4.69, 9.17) is 9.15 Å². The number of nitrogens with one attached hydrogen (secondary N) is 1. The average Bonchev–Trinajstić information content (AvgIpc) is 3.22. The van der Waals surface area contributed by atoms with E-state index in [1.165, 1.54) is 6.07 Å². The summed E-state index contributed by atoms with van der Waals surface area (Å²) in [6, 6.07) is 10.4. The maximum atomic E-state index is 12.4. The molecular formula is C15H15N3O4S2. The second kappa shape index (κ2) is 6.71. The predicted molar refractivity (Wildman–Crippen MR) is 89.4 cm³/mol. The van der Waals surface area contributed by atoms with Gasteiger partial charge < -0.3 is 9.15 Å². The number of sulfonamides is 1. The van der Waals surface area contributed by atoms with E-state index in [1.807, 2.05) is 12.1 Å². The van der Waals surface area contributed by atoms with Gasteiger partial charge in [0.15, 0.2) is 0 Å². The number of aryl methyl sites for hydroxylation is 1. The van der Waals surface area contributed by atoms with Crippen LogP contribution in [0.1, 0.15) is 11.5 Å². The fourth-order valence-electron chi connectivity index (χ4n) is 1.97. The van der Waals surface area contributed by atoms with Crippen LogP contribution < -0.4 is 9.46 Å². The zero-order valence-electron chi connectivity index (χ0n) is 13.0. The third kappa shape index (κ3) is 3.64. The van der Waals surface area contributed by atoms with E-state index in [0.29, 0.717) is 16.7 Å². The Bertz CT molecular complexity index is 930. The van der Waals surface area contributed by atoms with Crippen LogP contribution in [-0.4, -0.2) is 25.7 Å². The quantitative estimate of drug-likeness (QED) is 0.721. The fourth-order valence-corrected chi connectivity index (χ4v) is 4.26. The number of benzene rings is 1. The van der Waals surface area contributed by atoms with Crippen LogP contribution in [0.2, 0.25) is 0 Å². The predicted octanol–water partition coefficient (Wildman–Crippen LogP) is 2.59. The Balaban J connectivity index is 1.72. The summed E-state index contributed by atoms with van der Waals surface area (Å²) >= 11 is 1.08. The molecule has 0 fully saturated rings. The molecule has 2 aromatic heterocycles. The molecule has 0 saturated heterocycles. The molecule has 1 N–H and O–H groups in total. The summed E-state index contributed by atoms with van der Waals surface area (Å²) in [6.45, 7) is 1.87. The molecule has 0 aliphatic heterocycles. The third-order valence-corrected chi connectivity index (χ3v) is 6.17. The highest BCUT2D eigenvalue weighted by atomic mass is 32.2. The minimum absolute atomic E-state index is 0.194. The van der Waals surface area contributed by atoms with Crippen molar-refractivity contribution in [2.75, 3.05) is 7.11 Å². The first-order valence-electron chi connectivity index (χ1n) is 7.01. The first kappa shape index (κ1) is 16.6. The lowest BCUT2D eigenvalue weighted by atomic mass is 10.2. The van der Waals surface area contributed by atoms with Gasteiger partial charge in [-0.1, -0.05) is 12.1 Å². The number of aromatic nitrogens is 2. The highest BCUT2D eigenvalue weighted by Crippen LogP contribution is 2.29. The van der Waals surface area contributed by atoms with Crippen molar-refractivity contribution in [1.82, 2.24) is 14.9 Å². The molecule has 0 aliphatic carbocycles. The van der Waals surface area contributed by atoms with Crippen molar-refractivity contribution in [3.05, 3.63) is 47.9 Å². The Hall–Kier alpha value is -2.23. The number of nitrogens with zero attached hydrogens (tertiary/aromatic N) is 2. The summed E-state index contributed by atoms with van der Waals surface area (Å²) in [5, 5.41) is 7.63. The lowest BCUT2D eigenvalue weighted by Gasteiger charge is -2.06. The number of hydrogen-bond acceptors (Lipinski definition) is 7. The molecule has 24 heavy (non-hydrogen) atoms. The Morgan fingerprint density at radius 2 is 1.92 bits per heavy atom. The van der Waals surface area contributed by atoms with Crippen LogP contribution in [0, 0.1) is 6.92 Å². The van der Waals surface area contributed by atoms with Gasteiger partial charge in [-0.15, -0.1) is 21.5 Å². The summed E-state index contributed by atoms with van der Waals surface area (Å²) in [4.78, 5) is 0.612. The monoisotopic (exact) mass is 365 g/mol. The number of hydrogen-bond donors (Lipinski definition) is 1. The minimum atomic E-state index is -3.61. The number of thiophene rings is 1. The van der Waals surface area contributed by atoms with Crippen LogP contribution in [0.4, 0.5) is 0 Å². The average molecular weight is 365 g/mol. The molecule has 0 amide bonds. The van der Waals surface area contributed by atoms with Crippen molar-refractivity contribution in [3.8, 4) is 16.5 Å². The second-order valence-corrected chi connectivity index (χ2v) is 8.00. The molecule has 7 nitrogen and oxygen atoms in total. The zero-order valence-corrected chi connectivity index (χ0v) is 14.6. The Kier molecular flexibility index (Phi) is 4.65. The molecule has 0 aliphatic rings. The van der Waals surface area contributed by atoms with Gasteiger partial charge in [0.05, 0.1) is 12.0 Å². The molecule has 3 rings (SSSR count). The van der Waals surface area contributed by atoms with E-state index in [9.17, 15) is 8.42 Å². The van der Waals surface area contributed by atoms with Gasteiger partial charge >= 0.3 is 0 Å². The Labute approximate surface area is 143 Å². The Morgan fingerprint density at radius 1 is 1.17 bits per heavy atom. The molecule has 3 aromatic rings. The lowest BCUT2D eigenvalue weighted by Crippen LogP contribution is -2.22. The molecule has 9 heteroatoms. The van der Waals surface area contributed by atoms with Gasteiger partial charge in [0, 0.05) is 13.5 Å². The van der Waals surface area contributed by atoms with Gasteiger partial charge in [-0.3, -0.25) is 0 Å². The summed E-state index contributed by atoms with van der Waals surface area (Å²) in [6.07, 6.45) is 0. The summed E-state index contributed by atoms with van der Waals surface area (Å²) in [5.74, 6) is 1.47. The van der Waals surface area contributed by atoms with Gasteiger partial charge in [0.25, 0.3) is 5.89 Å². The fraction of sp³-hybridized carbons (Fsp3) is 0.200. The van der Waals surface area contributed by atoms with Gasteiger partial charge in [-0.25, -0.2) is 13.1 Å². The van der Waals surface area contributed by atoms with Crippen LogP contribution in [-0.2, 0) is 16.6 Å². The van der Waals surface area contributed by atoms with Gasteiger partial charge in [0.1, 0.15) is 9.96 Å². The molecule has 0 saturated carbocycles. The molecular weight excluding hydrogens is 350 g/mol. The van der Waals surface area contributed by atoms with Crippen LogP contribution in [0.5, 0.6) is 5.75 Å². The highest BCUT2D eigenvalue weighted by molar-refractivity contribution is 7.91. The summed E-state index contributed by atoms with van der Waals surface area (Å²) < 4.78 is 37.9. The highest BCUT2D eigenvalue weighted by Gasteiger charge is 2.19. The minimum Gasteiger partial charge on any atom is -0.497 e. The van der Waals surface area contributed by atoms with E-state index in [0.717, 1.165) is 22.6 Å². The summed E-state index contributed by atoms with van der Waals surface area (Å²) in [7, 11) is -2.03. The van der Waals surface area contributed by atoms with E-state index >= 15 is 0 Å². The first-order chi connectivity index (χ1) is 11.5. The normalized spacial score (nSPS) is 11.6. The van der Waals surface area contributed by atoms with Crippen molar-refractivity contribution in [3.63, 3.8) is 0 Å². The Morgan fingerprint density at radius 3 is 2.54 bits per heavy atom. The maximum absolute atomic E-state index is 12.4. The number of rotatable bonds is 6. The van der Waals surface area contributed by atoms with Gasteiger partial charge in [-0.05, 0) is 29.8 Å². The van der Waals surface area contributed by atoms with Crippen molar-refractivity contribution in [1.29, 1.82) is 0 Å². The number of methoxy groups -OCH3 is 1. The lowest BCUT2D eigenvalue weighted by molar-refractivity contribution is 0.414. The molecule has 126 valence electrons. The summed E-state index contributed by atoms with van der Waals surface area (Å²) in [5.41, 5.74) is 0.837. The van der Waals surface area contributed by atoms with Crippen molar-refractivity contribution < 1.29 is 17.6 Å². The van der Waals surface area contributed by atoms with Crippen LogP contribution >= 0.6 is 11.3 Å². The van der Waals surface area contributed by atoms with E-state index in [1.54, 1.807) is 32.2 Å². The topological polar surface area (TPSA) is 94.3 Å². The smallest absolute Gasteiger partial charge is 0.257 e. The third-order valence-electron chi connectivity index (χ3n) is 3.21. The van der Waals surface area contributed by atoms with E-state index < -0.39 is 10.0 Å². The van der Waals surface area contributed by atoms with E-state index in [-0.39, 0.29) is 10.8 Å². The van der Waals surface area contributed by atoms with Crippen molar-refractivity contribution >= 4 is 21.4 Å². The van der Waals surface area contributed by atoms with Crippen LogP contribution in [0.15, 0.2) is 45.0 Å². The van der Waals surface area contributed by atoms with E-state index in [2.05, 4.69) is 14.9 Å². The molecule has 0 spiro atoms. The standard InChI is InChI=1S/C15H15N3O4S2/c1-10-17-18-15(22-10)13-7-8-14(23-13)24(19,20)16-9-11-3-5-12(21-2)6-4-11/h3-8,16H,9H2,1-2H3. The zero-order chi connectivity index (χ0) is 17.2. The second-order valence-electron chi connectivity index (χ2n) is 4.92. The van der Waals surface area contributed by atoms with Crippen molar-refractivity contribution in [2.45, 2.75) is 17.7 Å². The molecule has 0 bridgehead atoms. The molecule has 0 unspecified atom stereocenters. The molecule has 0 radical (unpaired) electrons. The molecule has 1 aromatic carbocycles. The maximum Gasteiger partial charge on any atom is 0.257 e. The van der Waals surface area contributed by atoms with Gasteiger partial charge in [0.2, 0.25) is 15.9 Å². The SMILES string of the molecule is COc1ccc(CNS(=O)(=O)c2ccc(-c3nnc(C)o3)s2)cc1. The molecule has 0 atom stereocenters. The number of ether oxygens (including phenoxy) is 1. The largest absolute Gasteiger partial charge is 0.497 e. The van der Waals surface area contributed by atoms with Crippen LogP contribution in [0.3, 0.4) is 0 Å². The van der Waals surface area contributed by atoms with Crippen LogP contribution in [0.25, 0.3) is 10.8 Å². The van der Waals surface area contributed by atoms with Crippen molar-refractivity contribution in [2.24, 2.45) is 0 Å². The molecule has 2 heterocycles. The van der Waals surface area contributed by atoms with Gasteiger partial charge in [-0.2, -0.15) is 0 Å².